The summed E-state index contributed by atoms with van der Waals surface area (Å²) in [6.07, 6.45) is 0. The highest BCUT2D eigenvalue weighted by atomic mass is 127. The van der Waals surface area contributed by atoms with Crippen LogP contribution in [0.1, 0.15) is 35.3 Å². The first kappa shape index (κ1) is 25.7. The van der Waals surface area contributed by atoms with Gasteiger partial charge in [-0.05, 0) is 56.2 Å². The molecule has 164 valence electrons. The molecule has 6 nitrogen and oxygen atoms in total. The normalized spacial score (nSPS) is 10.7. The van der Waals surface area contributed by atoms with E-state index >= 15 is 0 Å². The first-order chi connectivity index (χ1) is 14.1. The molecule has 0 aromatic heterocycles. The highest BCUT2D eigenvalue weighted by molar-refractivity contribution is 14.0. The molecule has 0 aliphatic heterocycles. The van der Waals surface area contributed by atoms with Crippen LogP contribution in [-0.2, 0) is 6.54 Å². The minimum absolute atomic E-state index is 0. The number of aryl methyl sites for hydroxylation is 1. The van der Waals surface area contributed by atoms with Gasteiger partial charge in [0.05, 0.1) is 6.54 Å². The molecular weight excluding hydrogens is 489 g/mol. The molecule has 0 heterocycles. The Labute approximate surface area is 197 Å². The Balaban J connectivity index is 0.00000450. The van der Waals surface area contributed by atoms with Gasteiger partial charge >= 0.3 is 0 Å². The number of nitrogens with one attached hydrogen (secondary N) is 3. The summed E-state index contributed by atoms with van der Waals surface area (Å²) in [5, 5.41) is 9.33. The van der Waals surface area contributed by atoms with E-state index in [1.54, 1.807) is 7.05 Å². The average molecular weight is 523 g/mol. The number of aliphatic imine (C=N–C) groups is 1. The van der Waals surface area contributed by atoms with E-state index in [1.165, 1.54) is 11.3 Å². The monoisotopic (exact) mass is 523 g/mol. The van der Waals surface area contributed by atoms with Crippen molar-refractivity contribution in [2.45, 2.75) is 27.3 Å². The maximum atomic E-state index is 11.6. The molecule has 2 aromatic carbocycles. The van der Waals surface area contributed by atoms with Gasteiger partial charge in [-0.25, -0.2) is 4.99 Å². The highest BCUT2D eigenvalue weighted by Crippen LogP contribution is 2.15. The van der Waals surface area contributed by atoms with Crippen molar-refractivity contribution in [3.63, 3.8) is 0 Å². The second-order valence-electron chi connectivity index (χ2n) is 6.82. The topological polar surface area (TPSA) is 68.8 Å². The largest absolute Gasteiger partial charge is 0.370 e. The van der Waals surface area contributed by atoms with Crippen LogP contribution in [0.4, 0.5) is 5.69 Å². The average Bonchev–Trinajstić information content (AvgIpc) is 2.74. The van der Waals surface area contributed by atoms with Gasteiger partial charge in [-0.1, -0.05) is 24.3 Å². The van der Waals surface area contributed by atoms with Crippen molar-refractivity contribution in [3.05, 3.63) is 65.2 Å². The molecule has 3 N–H and O–H groups in total. The Hall–Kier alpha value is -2.29. The summed E-state index contributed by atoms with van der Waals surface area (Å²) in [7, 11) is 1.63. The first-order valence-corrected chi connectivity index (χ1v) is 10.2. The van der Waals surface area contributed by atoms with E-state index in [0.29, 0.717) is 12.1 Å². The molecule has 1 amide bonds. The van der Waals surface area contributed by atoms with Gasteiger partial charge < -0.3 is 20.9 Å². The van der Waals surface area contributed by atoms with Crippen LogP contribution in [0.15, 0.2) is 53.5 Å². The van der Waals surface area contributed by atoms with Gasteiger partial charge in [0.15, 0.2) is 5.96 Å². The molecule has 0 atom stereocenters. The van der Waals surface area contributed by atoms with E-state index in [2.05, 4.69) is 70.9 Å². The lowest BCUT2D eigenvalue weighted by molar-refractivity contribution is 0.0963. The zero-order chi connectivity index (χ0) is 21.1. The number of nitrogens with zero attached hydrogens (tertiary/aromatic N) is 2. The molecule has 0 fully saturated rings. The smallest absolute Gasteiger partial charge is 0.251 e. The van der Waals surface area contributed by atoms with Gasteiger partial charge in [0.25, 0.3) is 5.91 Å². The summed E-state index contributed by atoms with van der Waals surface area (Å²) in [5.41, 5.74) is 4.23. The van der Waals surface area contributed by atoms with Crippen molar-refractivity contribution in [2.24, 2.45) is 4.99 Å². The predicted octanol–water partition coefficient (Wildman–Crippen LogP) is 3.55. The highest BCUT2D eigenvalue weighted by Gasteiger charge is 2.06. The van der Waals surface area contributed by atoms with Gasteiger partial charge in [0, 0.05) is 44.5 Å². The second-order valence-corrected chi connectivity index (χ2v) is 6.82. The minimum Gasteiger partial charge on any atom is -0.370 e. The fourth-order valence-corrected chi connectivity index (χ4v) is 3.02. The zero-order valence-corrected chi connectivity index (χ0v) is 20.7. The van der Waals surface area contributed by atoms with Crippen molar-refractivity contribution in [1.29, 1.82) is 0 Å². The summed E-state index contributed by atoms with van der Waals surface area (Å²) in [5.74, 6) is 0.715. The fraction of sp³-hybridized carbons (Fsp3) is 0.391. The quantitative estimate of drug-likeness (QED) is 0.267. The molecule has 0 aliphatic carbocycles. The van der Waals surface area contributed by atoms with Crippen molar-refractivity contribution in [3.8, 4) is 0 Å². The molecule has 0 saturated heterocycles. The van der Waals surface area contributed by atoms with Gasteiger partial charge in [0.2, 0.25) is 0 Å². The van der Waals surface area contributed by atoms with E-state index in [-0.39, 0.29) is 29.9 Å². The molecule has 0 saturated carbocycles. The SMILES string of the molecule is CCNC(=NCc1ccc(C(=O)NC)cc1)NCCN(CC)c1cccc(C)c1.I. The fourth-order valence-electron chi connectivity index (χ4n) is 3.02. The van der Waals surface area contributed by atoms with E-state index in [1.807, 2.05) is 24.3 Å². The number of anilines is 1. The van der Waals surface area contributed by atoms with Crippen LogP contribution in [0.5, 0.6) is 0 Å². The summed E-state index contributed by atoms with van der Waals surface area (Å²) < 4.78 is 0. The summed E-state index contributed by atoms with van der Waals surface area (Å²) >= 11 is 0. The first-order valence-electron chi connectivity index (χ1n) is 10.2. The van der Waals surface area contributed by atoms with Crippen LogP contribution in [0.25, 0.3) is 0 Å². The van der Waals surface area contributed by atoms with Crippen LogP contribution < -0.4 is 20.9 Å². The van der Waals surface area contributed by atoms with E-state index in [9.17, 15) is 4.79 Å². The molecule has 0 radical (unpaired) electrons. The molecule has 2 rings (SSSR count). The lowest BCUT2D eigenvalue weighted by Gasteiger charge is -2.24. The summed E-state index contributed by atoms with van der Waals surface area (Å²) in [6, 6.07) is 16.1. The van der Waals surface area contributed by atoms with Crippen LogP contribution in [-0.4, -0.2) is 45.1 Å². The third-order valence-electron chi connectivity index (χ3n) is 4.63. The molecule has 7 heteroatoms. The van der Waals surface area contributed by atoms with Crippen LogP contribution in [0.3, 0.4) is 0 Å². The summed E-state index contributed by atoms with van der Waals surface area (Å²) in [4.78, 5) is 18.6. The van der Waals surface area contributed by atoms with Crippen molar-refractivity contribution < 1.29 is 4.79 Å². The molecule has 30 heavy (non-hydrogen) atoms. The molecular formula is C23H34IN5O. The number of carbonyl (C=O) groups is 1. The molecule has 0 aliphatic rings. The standard InChI is InChI=1S/C23H33N5O.HI/c1-5-25-23(27-17-19-10-12-20(13-11-19)22(29)24-4)26-14-15-28(6-2)21-9-7-8-18(3)16-21;/h7-13,16H,5-6,14-15,17H2,1-4H3,(H,24,29)(H2,25,26,27);1H. The summed E-state index contributed by atoms with van der Waals surface area (Å²) in [6.45, 7) is 10.3. The Morgan fingerprint density at radius 3 is 2.40 bits per heavy atom. The number of carbonyl (C=O) groups excluding carboxylic acids is 1. The predicted molar refractivity (Wildman–Crippen MR) is 137 cm³/mol. The molecule has 0 unspecified atom stereocenters. The van der Waals surface area contributed by atoms with E-state index in [4.69, 9.17) is 0 Å². The maximum Gasteiger partial charge on any atom is 0.251 e. The Morgan fingerprint density at radius 2 is 1.80 bits per heavy atom. The van der Waals surface area contributed by atoms with Crippen molar-refractivity contribution in [1.82, 2.24) is 16.0 Å². The van der Waals surface area contributed by atoms with Crippen LogP contribution in [0, 0.1) is 6.92 Å². The van der Waals surface area contributed by atoms with Crippen LogP contribution >= 0.6 is 24.0 Å². The lowest BCUT2D eigenvalue weighted by atomic mass is 10.1. The number of likely N-dealkylation sites (N-methyl/N-ethyl adjacent to an activating group) is 1. The second kappa shape index (κ2) is 13.8. The van der Waals surface area contributed by atoms with Gasteiger partial charge in [-0.3, -0.25) is 4.79 Å². The maximum absolute atomic E-state index is 11.6. The Bertz CT molecular complexity index is 807. The third kappa shape index (κ3) is 8.22. The molecule has 0 spiro atoms. The zero-order valence-electron chi connectivity index (χ0n) is 18.4. The van der Waals surface area contributed by atoms with Crippen molar-refractivity contribution in [2.75, 3.05) is 38.1 Å². The lowest BCUT2D eigenvalue weighted by Crippen LogP contribution is -2.41. The van der Waals surface area contributed by atoms with E-state index in [0.717, 1.165) is 37.7 Å². The van der Waals surface area contributed by atoms with Gasteiger partial charge in [0.1, 0.15) is 0 Å². The minimum atomic E-state index is -0.0795. The number of amides is 1. The number of halogens is 1. The third-order valence-corrected chi connectivity index (χ3v) is 4.63. The van der Waals surface area contributed by atoms with Gasteiger partial charge in [-0.2, -0.15) is 0 Å². The molecule has 2 aromatic rings. The number of guanidine groups is 1. The van der Waals surface area contributed by atoms with Gasteiger partial charge in [-0.15, -0.1) is 24.0 Å². The van der Waals surface area contributed by atoms with Crippen molar-refractivity contribution >= 4 is 41.5 Å². The number of benzene rings is 2. The Morgan fingerprint density at radius 1 is 1.07 bits per heavy atom. The Kier molecular flexibility index (Phi) is 11.9. The number of hydrogen-bond donors (Lipinski definition) is 3. The van der Waals surface area contributed by atoms with E-state index < -0.39 is 0 Å². The van der Waals surface area contributed by atoms with Crippen LogP contribution in [0.2, 0.25) is 0 Å². The number of hydrogen-bond acceptors (Lipinski definition) is 3. The molecule has 0 bridgehead atoms. The number of rotatable bonds is 9.